The van der Waals surface area contributed by atoms with E-state index >= 15 is 0 Å². The zero-order valence-corrected chi connectivity index (χ0v) is 9.39. The van der Waals surface area contributed by atoms with Crippen molar-refractivity contribution in [3.8, 4) is 0 Å². The van der Waals surface area contributed by atoms with Gasteiger partial charge in [-0.15, -0.1) is 5.10 Å². The number of nitrogens with one attached hydrogen (secondary N) is 2. The fourth-order valence-corrected chi connectivity index (χ4v) is 2.42. The second kappa shape index (κ2) is 3.06. The summed E-state index contributed by atoms with van der Waals surface area (Å²) in [7, 11) is 0. The van der Waals surface area contributed by atoms with Crippen molar-refractivity contribution >= 4 is 28.7 Å². The molecule has 0 aliphatic heterocycles. The molecule has 13 heavy (non-hydrogen) atoms. The summed E-state index contributed by atoms with van der Waals surface area (Å²) in [4.78, 5) is 0. The van der Waals surface area contributed by atoms with Crippen LogP contribution in [-0.4, -0.2) is 16.2 Å². The lowest BCUT2D eigenvalue weighted by Crippen LogP contribution is -2.45. The highest BCUT2D eigenvalue weighted by Crippen LogP contribution is 2.41. The fraction of sp³-hybridized carbons (Fsp3) is 0.750. The maximum Gasteiger partial charge on any atom is 0.204 e. The summed E-state index contributed by atoms with van der Waals surface area (Å²) in [5.41, 5.74) is 0.410. The first-order chi connectivity index (χ1) is 6.08. The molecule has 1 atom stereocenters. The van der Waals surface area contributed by atoms with E-state index in [0.29, 0.717) is 11.5 Å². The van der Waals surface area contributed by atoms with Crippen molar-refractivity contribution in [3.05, 3.63) is 3.95 Å². The molecule has 3 nitrogen and oxygen atoms in total. The Hall–Kier alpha value is -0.420. The molecule has 0 radical (unpaired) electrons. The van der Waals surface area contributed by atoms with Crippen molar-refractivity contribution in [2.24, 2.45) is 5.41 Å². The van der Waals surface area contributed by atoms with Gasteiger partial charge in [0.15, 0.2) is 3.95 Å². The van der Waals surface area contributed by atoms with Crippen molar-refractivity contribution in [1.82, 2.24) is 10.2 Å². The molecule has 0 spiro atoms. The van der Waals surface area contributed by atoms with Crippen LogP contribution in [-0.2, 0) is 0 Å². The number of hydrogen-bond acceptors (Lipinski definition) is 4. The minimum Gasteiger partial charge on any atom is -0.357 e. The molecule has 1 heterocycles. The van der Waals surface area contributed by atoms with E-state index in [9.17, 15) is 0 Å². The minimum absolute atomic E-state index is 0.410. The Bertz CT molecular complexity index is 352. The Balaban J connectivity index is 2.03. The van der Waals surface area contributed by atoms with Crippen LogP contribution in [0.15, 0.2) is 0 Å². The number of aromatic nitrogens is 2. The van der Waals surface area contributed by atoms with Gasteiger partial charge in [0.25, 0.3) is 0 Å². The van der Waals surface area contributed by atoms with Crippen LogP contribution in [0.25, 0.3) is 0 Å². The van der Waals surface area contributed by atoms with Crippen molar-refractivity contribution in [1.29, 1.82) is 0 Å². The van der Waals surface area contributed by atoms with Crippen molar-refractivity contribution in [2.75, 3.05) is 5.32 Å². The number of hydrogen-bond donors (Lipinski definition) is 2. The second-order valence-corrected chi connectivity index (χ2v) is 5.81. The Kier molecular flexibility index (Phi) is 2.15. The average molecular weight is 215 g/mol. The highest BCUT2D eigenvalue weighted by molar-refractivity contribution is 7.73. The minimum atomic E-state index is 0.410. The molecular formula is C8H13N3S2. The molecule has 72 valence electrons. The Morgan fingerprint density at radius 3 is 2.85 bits per heavy atom. The van der Waals surface area contributed by atoms with Crippen LogP contribution < -0.4 is 5.32 Å². The normalized spacial score (nSPS) is 25.2. The lowest BCUT2D eigenvalue weighted by molar-refractivity contribution is 0.160. The molecule has 0 amide bonds. The van der Waals surface area contributed by atoms with Gasteiger partial charge < -0.3 is 5.32 Å². The van der Waals surface area contributed by atoms with E-state index < -0.39 is 0 Å². The first kappa shape index (κ1) is 9.15. The van der Waals surface area contributed by atoms with Gasteiger partial charge in [-0.05, 0) is 30.5 Å². The molecule has 0 saturated heterocycles. The third-order valence-electron chi connectivity index (χ3n) is 2.76. The Labute approximate surface area is 86.6 Å². The van der Waals surface area contributed by atoms with Crippen molar-refractivity contribution in [2.45, 2.75) is 32.7 Å². The molecule has 1 fully saturated rings. The fourth-order valence-electron chi connectivity index (χ4n) is 1.57. The van der Waals surface area contributed by atoms with Gasteiger partial charge in [0, 0.05) is 6.04 Å². The summed E-state index contributed by atoms with van der Waals surface area (Å²) < 4.78 is 0.736. The van der Waals surface area contributed by atoms with Crippen LogP contribution in [0.4, 0.5) is 5.13 Å². The predicted molar refractivity (Wildman–Crippen MR) is 57.7 cm³/mol. The van der Waals surface area contributed by atoms with Crippen LogP contribution in [0.1, 0.15) is 26.7 Å². The lowest BCUT2D eigenvalue weighted by Gasteiger charge is -2.44. The SMILES string of the molecule is CC1(C)CCC1Nc1n[nH]c(=S)s1. The molecule has 5 heteroatoms. The standard InChI is InChI=1S/C8H13N3S2/c1-8(2)4-3-5(8)9-6-10-11-7(12)13-6/h5H,3-4H2,1-2H3,(H,9,10)(H,11,12). The zero-order valence-electron chi connectivity index (χ0n) is 7.76. The summed E-state index contributed by atoms with van der Waals surface area (Å²) >= 11 is 6.46. The average Bonchev–Trinajstić information content (AvgIpc) is 2.46. The summed E-state index contributed by atoms with van der Waals surface area (Å²) in [5.74, 6) is 0. The largest absolute Gasteiger partial charge is 0.357 e. The molecule has 0 aromatic carbocycles. The molecule has 1 saturated carbocycles. The monoisotopic (exact) mass is 215 g/mol. The van der Waals surface area contributed by atoms with Crippen LogP contribution in [0.3, 0.4) is 0 Å². The number of rotatable bonds is 2. The second-order valence-electron chi connectivity index (χ2n) is 4.14. The maximum absolute atomic E-state index is 4.96. The number of aromatic amines is 1. The van der Waals surface area contributed by atoms with E-state index in [1.165, 1.54) is 24.2 Å². The molecule has 1 aromatic heterocycles. The third-order valence-corrected chi connectivity index (χ3v) is 3.78. The van der Waals surface area contributed by atoms with Crippen LogP contribution in [0, 0.1) is 9.37 Å². The molecule has 2 rings (SSSR count). The van der Waals surface area contributed by atoms with Crippen LogP contribution >= 0.6 is 23.6 Å². The quantitative estimate of drug-likeness (QED) is 0.745. The molecule has 1 aliphatic rings. The van der Waals surface area contributed by atoms with E-state index in [1.807, 2.05) is 0 Å². The number of anilines is 1. The van der Waals surface area contributed by atoms with Gasteiger partial charge in [-0.25, -0.2) is 0 Å². The summed E-state index contributed by atoms with van der Waals surface area (Å²) in [6.07, 6.45) is 2.53. The van der Waals surface area contributed by atoms with Gasteiger partial charge in [-0.1, -0.05) is 25.2 Å². The van der Waals surface area contributed by atoms with Gasteiger partial charge in [0.2, 0.25) is 5.13 Å². The number of nitrogens with zero attached hydrogens (tertiary/aromatic N) is 1. The summed E-state index contributed by atoms with van der Waals surface area (Å²) in [5, 5.41) is 11.2. The zero-order chi connectivity index (χ0) is 9.47. The van der Waals surface area contributed by atoms with E-state index in [0.717, 1.165) is 9.09 Å². The molecule has 0 bridgehead atoms. The predicted octanol–water partition coefficient (Wildman–Crippen LogP) is 2.80. The highest BCUT2D eigenvalue weighted by atomic mass is 32.1. The lowest BCUT2D eigenvalue weighted by atomic mass is 9.67. The van der Waals surface area contributed by atoms with E-state index in [-0.39, 0.29) is 0 Å². The summed E-state index contributed by atoms with van der Waals surface area (Å²) in [6.45, 7) is 4.56. The van der Waals surface area contributed by atoms with Gasteiger partial charge in [-0.2, -0.15) is 0 Å². The van der Waals surface area contributed by atoms with Crippen molar-refractivity contribution in [3.63, 3.8) is 0 Å². The topological polar surface area (TPSA) is 40.7 Å². The molecule has 1 aromatic rings. The Morgan fingerprint density at radius 1 is 1.69 bits per heavy atom. The molecule has 1 aliphatic carbocycles. The Morgan fingerprint density at radius 2 is 2.46 bits per heavy atom. The molecular weight excluding hydrogens is 202 g/mol. The first-order valence-corrected chi connectivity index (χ1v) is 5.62. The maximum atomic E-state index is 4.96. The van der Waals surface area contributed by atoms with E-state index in [1.54, 1.807) is 0 Å². The van der Waals surface area contributed by atoms with E-state index in [4.69, 9.17) is 12.2 Å². The van der Waals surface area contributed by atoms with Gasteiger partial charge >= 0.3 is 0 Å². The first-order valence-electron chi connectivity index (χ1n) is 4.40. The number of H-pyrrole nitrogens is 1. The van der Waals surface area contributed by atoms with Crippen molar-refractivity contribution < 1.29 is 0 Å². The summed E-state index contributed by atoms with van der Waals surface area (Å²) in [6, 6.07) is 0.557. The van der Waals surface area contributed by atoms with Gasteiger partial charge in [-0.3, -0.25) is 5.10 Å². The smallest absolute Gasteiger partial charge is 0.204 e. The highest BCUT2D eigenvalue weighted by Gasteiger charge is 2.38. The molecule has 1 unspecified atom stereocenters. The van der Waals surface area contributed by atoms with Crippen LogP contribution in [0.2, 0.25) is 0 Å². The van der Waals surface area contributed by atoms with Gasteiger partial charge in [0.05, 0.1) is 0 Å². The van der Waals surface area contributed by atoms with E-state index in [2.05, 4.69) is 29.4 Å². The van der Waals surface area contributed by atoms with Gasteiger partial charge in [0.1, 0.15) is 0 Å². The molecule has 2 N–H and O–H groups in total. The van der Waals surface area contributed by atoms with Crippen LogP contribution in [0.5, 0.6) is 0 Å². The third kappa shape index (κ3) is 1.76.